The lowest BCUT2D eigenvalue weighted by Crippen LogP contribution is -2.05. The van der Waals surface area contributed by atoms with E-state index in [1.165, 1.54) is 6.33 Å². The Labute approximate surface area is 99.4 Å². The maximum Gasteiger partial charge on any atom is 0.227 e. The van der Waals surface area contributed by atoms with Gasteiger partial charge in [0.2, 0.25) is 11.9 Å². The number of hydrogen-bond acceptors (Lipinski definition) is 5. The largest absolute Gasteiger partial charge is 0.368 e. The van der Waals surface area contributed by atoms with Crippen molar-refractivity contribution in [2.24, 2.45) is 0 Å². The lowest BCUT2D eigenvalue weighted by molar-refractivity contribution is 1.05. The molecule has 3 N–H and O–H groups in total. The predicted octanol–water partition coefficient (Wildman–Crippen LogP) is 1.58. The summed E-state index contributed by atoms with van der Waals surface area (Å²) in [4.78, 5) is 11.6. The molecule has 0 aliphatic rings. The standard InChI is InChI=1S/C12H13N5/c13-11-15-9-16-12(17-11)14-8-4-7-10-5-2-1-3-6-10/h1-7,9H,8H2,(H3,13,14,15,16,17). The van der Waals surface area contributed by atoms with Crippen molar-refractivity contribution in [3.63, 3.8) is 0 Å². The molecular formula is C12H13N5. The van der Waals surface area contributed by atoms with Gasteiger partial charge in [0.15, 0.2) is 0 Å². The average molecular weight is 227 g/mol. The highest BCUT2D eigenvalue weighted by Gasteiger charge is 1.93. The molecule has 0 saturated carbocycles. The highest BCUT2D eigenvalue weighted by Crippen LogP contribution is 2.01. The van der Waals surface area contributed by atoms with Crippen LogP contribution < -0.4 is 11.1 Å². The van der Waals surface area contributed by atoms with E-state index in [0.717, 1.165) is 5.56 Å². The van der Waals surface area contributed by atoms with Crippen LogP contribution in [0.15, 0.2) is 42.7 Å². The molecule has 1 aromatic heterocycles. The molecule has 0 saturated heterocycles. The highest BCUT2D eigenvalue weighted by atomic mass is 15.2. The van der Waals surface area contributed by atoms with Gasteiger partial charge in [-0.2, -0.15) is 4.98 Å². The Morgan fingerprint density at radius 1 is 1.18 bits per heavy atom. The van der Waals surface area contributed by atoms with Crippen LogP contribution in [0.4, 0.5) is 11.9 Å². The van der Waals surface area contributed by atoms with E-state index in [9.17, 15) is 0 Å². The van der Waals surface area contributed by atoms with Gasteiger partial charge in [-0.15, -0.1) is 0 Å². The Morgan fingerprint density at radius 2 is 2.00 bits per heavy atom. The second kappa shape index (κ2) is 5.60. The molecule has 17 heavy (non-hydrogen) atoms. The van der Waals surface area contributed by atoms with Crippen LogP contribution in [0, 0.1) is 0 Å². The van der Waals surface area contributed by atoms with E-state index in [1.807, 2.05) is 42.5 Å². The van der Waals surface area contributed by atoms with Gasteiger partial charge in [0.1, 0.15) is 6.33 Å². The molecule has 0 aliphatic carbocycles. The van der Waals surface area contributed by atoms with Crippen molar-refractivity contribution < 1.29 is 0 Å². The maximum absolute atomic E-state index is 5.43. The molecule has 86 valence electrons. The van der Waals surface area contributed by atoms with Crippen LogP contribution in [-0.2, 0) is 0 Å². The van der Waals surface area contributed by atoms with E-state index in [-0.39, 0.29) is 5.95 Å². The first kappa shape index (κ1) is 11.1. The van der Waals surface area contributed by atoms with E-state index in [4.69, 9.17) is 5.73 Å². The third kappa shape index (κ3) is 3.57. The first-order valence-electron chi connectivity index (χ1n) is 5.24. The average Bonchev–Trinajstić information content (AvgIpc) is 2.36. The fourth-order valence-corrected chi connectivity index (χ4v) is 1.30. The predicted molar refractivity (Wildman–Crippen MR) is 68.2 cm³/mol. The molecule has 5 heteroatoms. The number of rotatable bonds is 4. The van der Waals surface area contributed by atoms with Gasteiger partial charge in [0.05, 0.1) is 0 Å². The maximum atomic E-state index is 5.43. The van der Waals surface area contributed by atoms with Gasteiger partial charge in [0, 0.05) is 6.54 Å². The van der Waals surface area contributed by atoms with Crippen molar-refractivity contribution in [1.29, 1.82) is 0 Å². The Bertz CT molecular complexity index is 495. The first-order valence-corrected chi connectivity index (χ1v) is 5.24. The van der Waals surface area contributed by atoms with Gasteiger partial charge in [-0.3, -0.25) is 0 Å². The van der Waals surface area contributed by atoms with Crippen LogP contribution >= 0.6 is 0 Å². The zero-order valence-electron chi connectivity index (χ0n) is 9.24. The smallest absolute Gasteiger partial charge is 0.227 e. The summed E-state index contributed by atoms with van der Waals surface area (Å²) in [5.74, 6) is 0.699. The van der Waals surface area contributed by atoms with Crippen LogP contribution in [0.25, 0.3) is 6.08 Å². The summed E-state index contributed by atoms with van der Waals surface area (Å²) in [7, 11) is 0. The number of nitrogen functional groups attached to an aromatic ring is 1. The number of nitrogens with zero attached hydrogens (tertiary/aromatic N) is 3. The second-order valence-corrected chi connectivity index (χ2v) is 3.36. The number of benzene rings is 1. The van der Waals surface area contributed by atoms with E-state index < -0.39 is 0 Å². The third-order valence-corrected chi connectivity index (χ3v) is 2.08. The number of hydrogen-bond donors (Lipinski definition) is 2. The summed E-state index contributed by atoms with van der Waals surface area (Å²) in [6.45, 7) is 0.637. The van der Waals surface area contributed by atoms with Crippen LogP contribution in [-0.4, -0.2) is 21.5 Å². The molecule has 2 rings (SSSR count). The van der Waals surface area contributed by atoms with Crippen molar-refractivity contribution in [3.05, 3.63) is 48.3 Å². The van der Waals surface area contributed by atoms with Crippen molar-refractivity contribution in [3.8, 4) is 0 Å². The van der Waals surface area contributed by atoms with Crippen molar-refractivity contribution >= 4 is 18.0 Å². The number of aromatic nitrogens is 3. The summed E-state index contributed by atoms with van der Waals surface area (Å²) >= 11 is 0. The van der Waals surface area contributed by atoms with Gasteiger partial charge < -0.3 is 11.1 Å². The summed E-state index contributed by atoms with van der Waals surface area (Å²) in [5.41, 5.74) is 6.59. The SMILES string of the molecule is Nc1ncnc(NCC=Cc2ccccc2)n1. The molecule has 0 spiro atoms. The molecule has 0 amide bonds. The lowest BCUT2D eigenvalue weighted by Gasteiger charge is -2.00. The number of anilines is 2. The Kier molecular flexibility index (Phi) is 3.64. The van der Waals surface area contributed by atoms with E-state index in [2.05, 4.69) is 20.3 Å². The highest BCUT2D eigenvalue weighted by molar-refractivity contribution is 5.49. The summed E-state index contributed by atoms with van der Waals surface area (Å²) in [5, 5.41) is 3.03. The van der Waals surface area contributed by atoms with Crippen molar-refractivity contribution in [2.45, 2.75) is 0 Å². The summed E-state index contributed by atoms with van der Waals surface area (Å²) in [6.07, 6.45) is 5.40. The Morgan fingerprint density at radius 3 is 2.76 bits per heavy atom. The summed E-state index contributed by atoms with van der Waals surface area (Å²) < 4.78 is 0. The molecule has 0 aliphatic heterocycles. The van der Waals surface area contributed by atoms with Gasteiger partial charge in [-0.1, -0.05) is 42.5 Å². The third-order valence-electron chi connectivity index (χ3n) is 2.08. The molecule has 0 fully saturated rings. The van der Waals surface area contributed by atoms with Gasteiger partial charge in [0.25, 0.3) is 0 Å². The van der Waals surface area contributed by atoms with Crippen molar-refractivity contribution in [1.82, 2.24) is 15.0 Å². The van der Waals surface area contributed by atoms with Gasteiger partial charge in [-0.05, 0) is 5.56 Å². The molecular weight excluding hydrogens is 214 g/mol. The summed E-state index contributed by atoms with van der Waals surface area (Å²) in [6, 6.07) is 10.1. The van der Waals surface area contributed by atoms with Gasteiger partial charge in [-0.25, -0.2) is 9.97 Å². The fraction of sp³-hybridized carbons (Fsp3) is 0.0833. The van der Waals surface area contributed by atoms with Crippen LogP contribution in [0.1, 0.15) is 5.56 Å². The fourth-order valence-electron chi connectivity index (χ4n) is 1.30. The molecule has 1 aromatic carbocycles. The van der Waals surface area contributed by atoms with Crippen LogP contribution in [0.5, 0.6) is 0 Å². The van der Waals surface area contributed by atoms with Gasteiger partial charge >= 0.3 is 0 Å². The molecule has 2 aromatic rings. The topological polar surface area (TPSA) is 76.7 Å². The zero-order chi connectivity index (χ0) is 11.9. The molecule has 0 radical (unpaired) electrons. The number of nitrogens with two attached hydrogens (primary N) is 1. The van der Waals surface area contributed by atoms with Crippen LogP contribution in [0.2, 0.25) is 0 Å². The molecule has 0 bridgehead atoms. The first-order chi connectivity index (χ1) is 8.34. The van der Waals surface area contributed by atoms with Crippen LogP contribution in [0.3, 0.4) is 0 Å². The van der Waals surface area contributed by atoms with E-state index in [1.54, 1.807) is 0 Å². The Hall–Kier alpha value is -2.43. The van der Waals surface area contributed by atoms with Crippen molar-refractivity contribution in [2.75, 3.05) is 17.6 Å². The minimum absolute atomic E-state index is 0.217. The zero-order valence-corrected chi connectivity index (χ0v) is 9.24. The monoisotopic (exact) mass is 227 g/mol. The van der Waals surface area contributed by atoms with E-state index >= 15 is 0 Å². The Balaban J connectivity index is 1.86. The van der Waals surface area contributed by atoms with E-state index in [0.29, 0.717) is 12.5 Å². The molecule has 1 heterocycles. The number of nitrogens with one attached hydrogen (secondary N) is 1. The molecule has 0 atom stereocenters. The second-order valence-electron chi connectivity index (χ2n) is 3.36. The lowest BCUT2D eigenvalue weighted by atomic mass is 10.2. The molecule has 0 unspecified atom stereocenters. The quantitative estimate of drug-likeness (QED) is 0.829. The minimum atomic E-state index is 0.217. The minimum Gasteiger partial charge on any atom is -0.368 e. The normalized spacial score (nSPS) is 10.6. The molecule has 5 nitrogen and oxygen atoms in total.